The predicted octanol–water partition coefficient (Wildman–Crippen LogP) is 1.97. The number of hydrogen-bond donors (Lipinski definition) is 2. The van der Waals surface area contributed by atoms with Gasteiger partial charge in [-0.1, -0.05) is 66.8 Å². The average Bonchev–Trinajstić information content (AvgIpc) is 2.82. The molecule has 2 N–H and O–H groups in total. The van der Waals surface area contributed by atoms with Crippen LogP contribution in [0.1, 0.15) is 37.8 Å². The monoisotopic (exact) mass is 475 g/mol. The van der Waals surface area contributed by atoms with E-state index in [0.29, 0.717) is 38.1 Å². The minimum atomic E-state index is -0.478. The second-order valence-corrected chi connectivity index (χ2v) is 7.55. The van der Waals surface area contributed by atoms with Crippen molar-refractivity contribution in [2.24, 2.45) is 4.99 Å². The molecule has 0 aliphatic heterocycles. The molecule has 2 aromatic carbocycles. The Morgan fingerprint density at radius 2 is 1.73 bits per heavy atom. The van der Waals surface area contributed by atoms with Gasteiger partial charge in [0.1, 0.15) is 11.8 Å². The van der Waals surface area contributed by atoms with Crippen molar-refractivity contribution in [1.29, 1.82) is 0 Å². The van der Waals surface area contributed by atoms with Crippen molar-refractivity contribution in [3.8, 4) is 0 Å². The summed E-state index contributed by atoms with van der Waals surface area (Å²) in [6, 6.07) is 19.6. The molecule has 0 aromatic heterocycles. The van der Waals surface area contributed by atoms with Gasteiger partial charge in [-0.25, -0.2) is 0 Å². The molecule has 2 aromatic rings. The number of nitrogens with zero attached hydrogens (tertiary/aromatic N) is 2. The number of nitrogens with one attached hydrogen (secondary N) is 1. The molecule has 33 heavy (non-hydrogen) atoms. The number of allylic oxidation sites excluding steroid dienone is 1. The van der Waals surface area contributed by atoms with Crippen LogP contribution < -0.4 is 56.7 Å². The van der Waals surface area contributed by atoms with Gasteiger partial charge >= 0.3 is 57.4 Å². The Balaban J connectivity index is 0.00000544. The van der Waals surface area contributed by atoms with Crippen LogP contribution in [0.5, 0.6) is 0 Å². The zero-order valence-electron chi connectivity index (χ0n) is 20.0. The smallest absolute Gasteiger partial charge is 0.647 e. The fraction of sp³-hybridized carbons (Fsp3) is 0.385. The minimum Gasteiger partial charge on any atom is -0.647 e. The Bertz CT molecular complexity index is 860. The first kappa shape index (κ1) is 29.7. The van der Waals surface area contributed by atoms with Crippen molar-refractivity contribution in [3.05, 3.63) is 88.6 Å². The summed E-state index contributed by atoms with van der Waals surface area (Å²) in [4.78, 5) is 16.4. The molecular formula is C26H34KN3O3. The first-order valence-corrected chi connectivity index (χ1v) is 11.1. The van der Waals surface area contributed by atoms with Crippen molar-refractivity contribution in [3.63, 3.8) is 0 Å². The van der Waals surface area contributed by atoms with Gasteiger partial charge < -0.3 is 20.5 Å². The van der Waals surface area contributed by atoms with Crippen LogP contribution >= 0.6 is 0 Å². The summed E-state index contributed by atoms with van der Waals surface area (Å²) in [5, 5.41) is 18.2. The molecule has 0 aliphatic carbocycles. The molecule has 0 saturated carbocycles. The summed E-state index contributed by atoms with van der Waals surface area (Å²) in [5.41, 5.74) is 2.78. The van der Waals surface area contributed by atoms with Crippen LogP contribution in [0.4, 0.5) is 0 Å². The molecule has 172 valence electrons. The molecule has 2 rings (SSSR count). The molecule has 7 heteroatoms. The average molecular weight is 476 g/mol. The third-order valence-corrected chi connectivity index (χ3v) is 5.15. The fourth-order valence-corrected chi connectivity index (χ4v) is 3.31. The summed E-state index contributed by atoms with van der Waals surface area (Å²) in [5.74, 6) is -0.0978. The molecule has 0 aliphatic rings. The van der Waals surface area contributed by atoms with Gasteiger partial charge in [0.15, 0.2) is 0 Å². The van der Waals surface area contributed by atoms with E-state index in [1.807, 2.05) is 55.5 Å². The van der Waals surface area contributed by atoms with Gasteiger partial charge in [0.25, 0.3) is 0 Å². The topological polar surface area (TPSA) is 85.0 Å². The summed E-state index contributed by atoms with van der Waals surface area (Å²) in [6.45, 7) is 7.69. The molecular weight excluding hydrogens is 441 g/mol. The van der Waals surface area contributed by atoms with Crippen LogP contribution in [0.3, 0.4) is 0 Å². The van der Waals surface area contributed by atoms with Gasteiger partial charge in [-0.05, 0) is 57.4 Å². The Morgan fingerprint density at radius 3 is 2.30 bits per heavy atom. The van der Waals surface area contributed by atoms with Crippen LogP contribution in [-0.4, -0.2) is 43.2 Å². The van der Waals surface area contributed by atoms with Crippen molar-refractivity contribution in [2.75, 3.05) is 13.2 Å². The summed E-state index contributed by atoms with van der Waals surface area (Å²) < 4.78 is 5.32. The van der Waals surface area contributed by atoms with Gasteiger partial charge in [0, 0.05) is 0 Å². The molecule has 6 nitrogen and oxygen atoms in total. The number of aliphatic hydroxyl groups excluding tert-OH is 1. The van der Waals surface area contributed by atoms with Gasteiger partial charge in [-0.2, -0.15) is 0 Å². The van der Waals surface area contributed by atoms with E-state index in [1.165, 1.54) is 5.56 Å². The first-order chi connectivity index (χ1) is 15.5. The Morgan fingerprint density at radius 1 is 1.12 bits per heavy atom. The second-order valence-electron chi connectivity index (χ2n) is 7.55. The molecule has 2 atom stereocenters. The molecule has 0 radical (unpaired) electrons. The van der Waals surface area contributed by atoms with Crippen LogP contribution in [0.25, 0.3) is 5.32 Å². The van der Waals surface area contributed by atoms with Gasteiger partial charge in [0.05, 0.1) is 12.3 Å². The Hall–Kier alpha value is -1.32. The Kier molecular flexibility index (Phi) is 15.4. The minimum absolute atomic E-state index is 0. The number of hydrogen-bond acceptors (Lipinski definition) is 5. The van der Waals surface area contributed by atoms with E-state index in [1.54, 1.807) is 6.92 Å². The van der Waals surface area contributed by atoms with E-state index >= 15 is 0 Å². The van der Waals surface area contributed by atoms with Crippen LogP contribution in [0.15, 0.2) is 77.1 Å². The van der Waals surface area contributed by atoms with Gasteiger partial charge in [0.2, 0.25) is 0 Å². The molecule has 0 heterocycles. The number of benzene rings is 2. The predicted molar refractivity (Wildman–Crippen MR) is 130 cm³/mol. The molecule has 2 unspecified atom stereocenters. The molecule has 0 saturated heterocycles. The maximum Gasteiger partial charge on any atom is 1.00 e. The summed E-state index contributed by atoms with van der Waals surface area (Å²) >= 11 is 0. The van der Waals surface area contributed by atoms with Crippen molar-refractivity contribution in [1.82, 2.24) is 5.32 Å². The number of aryl methyl sites for hydroxylation is 1. The van der Waals surface area contributed by atoms with Crippen LogP contribution in [0, 0.1) is 0 Å². The number of aliphatic hydroxyl groups is 1. The zero-order chi connectivity index (χ0) is 23.2. The summed E-state index contributed by atoms with van der Waals surface area (Å²) in [6.07, 6.45) is 2.06. The van der Waals surface area contributed by atoms with E-state index in [2.05, 4.69) is 29.2 Å². The maximum absolute atomic E-state index is 12.7. The number of carbonyl (C=O) groups excluding carboxylic acids is 1. The number of carbonyl (C=O) groups is 1. The first-order valence-electron chi connectivity index (χ1n) is 11.1. The largest absolute Gasteiger partial charge is 1.00 e. The normalized spacial score (nSPS) is 13.3. The van der Waals surface area contributed by atoms with Gasteiger partial charge in [-0.15, -0.1) is 6.54 Å². The van der Waals surface area contributed by atoms with Crippen LogP contribution in [0.2, 0.25) is 0 Å². The van der Waals surface area contributed by atoms with E-state index in [0.717, 1.165) is 12.0 Å². The SMILES string of the molecule is C=N/C(C)=C(\O)CC[N-]C(Cc1ccccc1)NC(CCc1ccccc1)C(=O)OCC.[K+]. The molecule has 0 spiro atoms. The second kappa shape index (κ2) is 17.2. The molecule has 0 amide bonds. The quantitative estimate of drug-likeness (QED) is 0.189. The molecule has 0 fully saturated rings. The van der Waals surface area contributed by atoms with Crippen molar-refractivity contribution < 1.29 is 66.0 Å². The third-order valence-electron chi connectivity index (χ3n) is 5.15. The summed E-state index contributed by atoms with van der Waals surface area (Å²) in [7, 11) is 0. The maximum atomic E-state index is 12.7. The van der Waals surface area contributed by atoms with Gasteiger partial charge in [-0.3, -0.25) is 9.79 Å². The van der Waals surface area contributed by atoms with E-state index < -0.39 is 6.04 Å². The van der Waals surface area contributed by atoms with E-state index in [4.69, 9.17) is 10.1 Å². The number of rotatable bonds is 14. The van der Waals surface area contributed by atoms with E-state index in [-0.39, 0.29) is 69.3 Å². The number of esters is 1. The third kappa shape index (κ3) is 11.6. The van der Waals surface area contributed by atoms with E-state index in [9.17, 15) is 9.90 Å². The Labute approximate surface area is 240 Å². The number of aliphatic imine (C=N–C) groups is 1. The fourth-order valence-electron chi connectivity index (χ4n) is 3.31. The molecule has 0 bridgehead atoms. The zero-order valence-corrected chi connectivity index (χ0v) is 23.2. The number of ether oxygens (including phenoxy) is 1. The van der Waals surface area contributed by atoms with Crippen molar-refractivity contribution >= 4 is 12.7 Å². The standard InChI is InChI=1S/C26H34N3O3.K/c1-4-32-26(31)23(16-15-21-11-7-5-8-12-21)29-25(19-22-13-9-6-10-14-22)28-18-17-24(30)20(2)27-3;/h5-14,23,25,29-30H,3-4,15-19H2,1-2H3;/q-1;+1/b24-20-;. The van der Waals surface area contributed by atoms with Crippen LogP contribution in [-0.2, 0) is 22.4 Å². The van der Waals surface area contributed by atoms with Crippen molar-refractivity contribution in [2.45, 2.75) is 51.7 Å².